The van der Waals surface area contributed by atoms with Crippen molar-refractivity contribution >= 4 is 5.82 Å². The topological polar surface area (TPSA) is 30.3 Å². The lowest BCUT2D eigenvalue weighted by molar-refractivity contribution is 0.122. The average molecular weight is 291 g/mol. The summed E-state index contributed by atoms with van der Waals surface area (Å²) in [6, 6.07) is 8.46. The van der Waals surface area contributed by atoms with Gasteiger partial charge in [0.2, 0.25) is 0 Å². The first-order valence-electron chi connectivity index (χ1n) is 7.37. The van der Waals surface area contributed by atoms with E-state index in [1.165, 1.54) is 12.1 Å². The van der Waals surface area contributed by atoms with E-state index in [2.05, 4.69) is 10.00 Å². The Morgan fingerprint density at radius 3 is 2.33 bits per heavy atom. The van der Waals surface area contributed by atoms with E-state index < -0.39 is 0 Å². The lowest BCUT2D eigenvalue weighted by Gasteiger charge is -2.28. The highest BCUT2D eigenvalue weighted by molar-refractivity contribution is 5.63. The number of rotatable bonds is 2. The normalized spacial score (nSPS) is 14.6. The molecule has 0 N–H and O–H groups in total. The number of aromatic nitrogens is 2. The molecule has 1 aliphatic heterocycles. The summed E-state index contributed by atoms with van der Waals surface area (Å²) in [7, 11) is 1.93. The van der Waals surface area contributed by atoms with Crippen LogP contribution in [-0.2, 0) is 11.8 Å². The minimum Gasteiger partial charge on any atom is -0.378 e. The van der Waals surface area contributed by atoms with Crippen LogP contribution in [0.2, 0.25) is 0 Å². The van der Waals surface area contributed by atoms with Crippen molar-refractivity contribution in [1.29, 1.82) is 0 Å². The van der Waals surface area contributed by atoms with E-state index in [9.17, 15) is 4.39 Å². The van der Waals surface area contributed by atoms with Crippen LogP contribution in [-0.4, -0.2) is 36.1 Å². The molecule has 1 aromatic heterocycles. The number of morpholine rings is 1. The molecule has 3 rings (SSSR count). The van der Waals surface area contributed by atoms with Crippen LogP contribution in [0.15, 0.2) is 30.3 Å². The maximum Gasteiger partial charge on any atom is 0.127 e. The minimum atomic E-state index is -0.229. The number of benzene rings is 1. The molecule has 1 aliphatic rings. The molecule has 21 heavy (non-hydrogen) atoms. The highest BCUT2D eigenvalue weighted by Gasteiger charge is 2.16. The van der Waals surface area contributed by atoms with Crippen molar-refractivity contribution < 1.29 is 9.13 Å². The van der Waals surface area contributed by atoms with Gasteiger partial charge in [0.05, 0.1) is 18.9 Å². The Labute approximate surface area is 125 Å². The second-order valence-electron chi connectivity index (χ2n) is 4.62. The Morgan fingerprint density at radius 2 is 1.71 bits per heavy atom. The summed E-state index contributed by atoms with van der Waals surface area (Å²) in [4.78, 5) is 2.25. The van der Waals surface area contributed by atoms with Gasteiger partial charge in [0.1, 0.15) is 11.6 Å². The smallest absolute Gasteiger partial charge is 0.127 e. The minimum absolute atomic E-state index is 0.229. The van der Waals surface area contributed by atoms with Crippen LogP contribution >= 0.6 is 0 Å². The molecule has 0 radical (unpaired) electrons. The fourth-order valence-electron chi connectivity index (χ4n) is 2.31. The van der Waals surface area contributed by atoms with Crippen molar-refractivity contribution in [3.63, 3.8) is 0 Å². The number of hydrogen-bond donors (Lipinski definition) is 0. The molecule has 4 nitrogen and oxygen atoms in total. The van der Waals surface area contributed by atoms with Crippen molar-refractivity contribution in [2.45, 2.75) is 13.8 Å². The van der Waals surface area contributed by atoms with Gasteiger partial charge in [-0.3, -0.25) is 4.68 Å². The number of halogens is 1. The highest BCUT2D eigenvalue weighted by Crippen LogP contribution is 2.24. The van der Waals surface area contributed by atoms with Crippen molar-refractivity contribution in [2.75, 3.05) is 31.2 Å². The summed E-state index contributed by atoms with van der Waals surface area (Å²) in [6.45, 7) is 7.25. The van der Waals surface area contributed by atoms with Crippen LogP contribution in [0, 0.1) is 5.82 Å². The van der Waals surface area contributed by atoms with Crippen LogP contribution < -0.4 is 4.90 Å². The van der Waals surface area contributed by atoms with E-state index in [0.717, 1.165) is 43.4 Å². The van der Waals surface area contributed by atoms with E-state index in [-0.39, 0.29) is 5.82 Å². The first-order chi connectivity index (χ1) is 10.2. The average Bonchev–Trinajstić information content (AvgIpc) is 2.93. The van der Waals surface area contributed by atoms with Gasteiger partial charge in [-0.2, -0.15) is 5.10 Å². The third kappa shape index (κ3) is 3.61. The molecule has 5 heteroatoms. The van der Waals surface area contributed by atoms with E-state index >= 15 is 0 Å². The molecule has 2 aromatic rings. The van der Waals surface area contributed by atoms with Crippen LogP contribution in [0.1, 0.15) is 13.8 Å². The van der Waals surface area contributed by atoms with Crippen molar-refractivity contribution in [1.82, 2.24) is 9.78 Å². The maximum atomic E-state index is 12.9. The van der Waals surface area contributed by atoms with Gasteiger partial charge in [0, 0.05) is 31.8 Å². The van der Waals surface area contributed by atoms with Gasteiger partial charge in [-0.05, 0) is 24.3 Å². The first-order valence-corrected chi connectivity index (χ1v) is 7.37. The molecule has 1 saturated heterocycles. The molecule has 1 fully saturated rings. The van der Waals surface area contributed by atoms with Crippen molar-refractivity contribution in [2.24, 2.45) is 7.05 Å². The summed E-state index contributed by atoms with van der Waals surface area (Å²) in [5.41, 5.74) is 1.79. The Kier molecular flexibility index (Phi) is 5.33. The van der Waals surface area contributed by atoms with Gasteiger partial charge in [0.25, 0.3) is 0 Å². The lowest BCUT2D eigenvalue weighted by Crippen LogP contribution is -2.37. The van der Waals surface area contributed by atoms with Gasteiger partial charge >= 0.3 is 0 Å². The van der Waals surface area contributed by atoms with Crippen molar-refractivity contribution in [3.8, 4) is 11.3 Å². The largest absolute Gasteiger partial charge is 0.378 e. The highest BCUT2D eigenvalue weighted by atomic mass is 19.1. The predicted octanol–water partition coefficient (Wildman–Crippen LogP) is 3.09. The van der Waals surface area contributed by atoms with Gasteiger partial charge in [-0.15, -0.1) is 0 Å². The molecule has 114 valence electrons. The molecule has 0 atom stereocenters. The van der Waals surface area contributed by atoms with E-state index in [1.54, 1.807) is 12.1 Å². The Hall–Kier alpha value is -1.88. The molecule has 0 bridgehead atoms. The van der Waals surface area contributed by atoms with Crippen LogP contribution in [0.5, 0.6) is 0 Å². The molecule has 0 unspecified atom stereocenters. The monoisotopic (exact) mass is 291 g/mol. The quantitative estimate of drug-likeness (QED) is 0.852. The summed E-state index contributed by atoms with van der Waals surface area (Å²) >= 11 is 0. The van der Waals surface area contributed by atoms with Crippen LogP contribution in [0.4, 0.5) is 10.2 Å². The second-order valence-corrected chi connectivity index (χ2v) is 4.62. The zero-order valence-corrected chi connectivity index (χ0v) is 12.8. The molecule has 2 heterocycles. The van der Waals surface area contributed by atoms with Crippen LogP contribution in [0.25, 0.3) is 11.3 Å². The summed E-state index contributed by atoms with van der Waals surface area (Å²) < 4.78 is 20.1. The SMILES string of the molecule is CC.Cn1nc(-c2ccc(F)cc2)cc1N1CCOCC1. The number of anilines is 1. The Bertz CT molecular complexity index is 559. The lowest BCUT2D eigenvalue weighted by atomic mass is 10.1. The standard InChI is InChI=1S/C14H16FN3O.C2H6/c1-17-14(18-6-8-19-9-7-18)10-13(16-17)11-2-4-12(15)5-3-11;1-2/h2-5,10H,6-9H2,1H3;1-2H3. The molecule has 0 saturated carbocycles. The molecular weight excluding hydrogens is 269 g/mol. The number of aryl methyl sites for hydroxylation is 1. The van der Waals surface area contributed by atoms with Gasteiger partial charge in [-0.1, -0.05) is 13.8 Å². The van der Waals surface area contributed by atoms with E-state index in [4.69, 9.17) is 4.74 Å². The fraction of sp³-hybridized carbons (Fsp3) is 0.438. The zero-order chi connectivity index (χ0) is 15.2. The number of nitrogens with zero attached hydrogens (tertiary/aromatic N) is 3. The second kappa shape index (κ2) is 7.22. The fourth-order valence-corrected chi connectivity index (χ4v) is 2.31. The molecule has 0 aliphatic carbocycles. The molecule has 1 aromatic carbocycles. The Morgan fingerprint density at radius 1 is 1.10 bits per heavy atom. The maximum absolute atomic E-state index is 12.9. The van der Waals surface area contributed by atoms with Crippen molar-refractivity contribution in [3.05, 3.63) is 36.1 Å². The molecular formula is C16H22FN3O. The summed E-state index contributed by atoms with van der Waals surface area (Å²) in [6.07, 6.45) is 0. The van der Waals surface area contributed by atoms with E-state index in [0.29, 0.717) is 0 Å². The summed E-state index contributed by atoms with van der Waals surface area (Å²) in [5.74, 6) is 0.843. The predicted molar refractivity (Wildman–Crippen MR) is 83.0 cm³/mol. The first kappa shape index (κ1) is 15.5. The number of ether oxygens (including phenoxy) is 1. The van der Waals surface area contributed by atoms with Gasteiger partial charge in [-0.25, -0.2) is 4.39 Å². The van der Waals surface area contributed by atoms with E-state index in [1.807, 2.05) is 31.6 Å². The third-order valence-corrected chi connectivity index (χ3v) is 3.33. The Balaban J connectivity index is 0.000000774. The third-order valence-electron chi connectivity index (χ3n) is 3.33. The summed E-state index contributed by atoms with van der Waals surface area (Å²) in [5, 5.41) is 4.50. The molecule has 0 amide bonds. The number of hydrogen-bond acceptors (Lipinski definition) is 3. The van der Waals surface area contributed by atoms with Crippen LogP contribution in [0.3, 0.4) is 0 Å². The van der Waals surface area contributed by atoms with Gasteiger partial charge < -0.3 is 9.64 Å². The zero-order valence-electron chi connectivity index (χ0n) is 12.8. The molecule has 0 spiro atoms. The van der Waals surface area contributed by atoms with Gasteiger partial charge in [0.15, 0.2) is 0 Å².